The van der Waals surface area contributed by atoms with Crippen LogP contribution in [-0.2, 0) is 11.3 Å². The minimum absolute atomic E-state index is 0.0902. The van der Waals surface area contributed by atoms with Crippen LogP contribution in [0.3, 0.4) is 0 Å². The smallest absolute Gasteiger partial charge is 0.341 e. The van der Waals surface area contributed by atoms with Crippen molar-refractivity contribution in [3.8, 4) is 0 Å². The molecule has 6 nitrogen and oxygen atoms in total. The number of carboxylic acid groups (broad SMARTS) is 1. The van der Waals surface area contributed by atoms with E-state index in [1.165, 1.54) is 10.8 Å². The molecule has 1 amide bonds. The first-order valence-electron chi connectivity index (χ1n) is 5.94. The Morgan fingerprint density at radius 1 is 1.29 bits per heavy atom. The number of carboxylic acids is 1. The van der Waals surface area contributed by atoms with Crippen molar-refractivity contribution in [3.05, 3.63) is 63.0 Å². The molecule has 21 heavy (non-hydrogen) atoms. The summed E-state index contributed by atoms with van der Waals surface area (Å²) >= 11 is 3.30. The number of halogens is 1. The van der Waals surface area contributed by atoms with Gasteiger partial charge in [-0.2, -0.15) is 0 Å². The normalized spacial score (nSPS) is 10.1. The number of amides is 1. The van der Waals surface area contributed by atoms with Gasteiger partial charge in [-0.05, 0) is 18.2 Å². The zero-order chi connectivity index (χ0) is 15.4. The molecule has 0 aliphatic rings. The summed E-state index contributed by atoms with van der Waals surface area (Å²) in [5, 5.41) is 11.6. The van der Waals surface area contributed by atoms with E-state index in [0.717, 1.165) is 16.7 Å². The van der Waals surface area contributed by atoms with Gasteiger partial charge in [0.1, 0.15) is 12.1 Å². The quantitative estimate of drug-likeness (QED) is 0.881. The molecule has 1 heterocycles. The van der Waals surface area contributed by atoms with E-state index in [2.05, 4.69) is 21.2 Å². The Hall–Kier alpha value is -2.41. The molecule has 0 bridgehead atoms. The third kappa shape index (κ3) is 4.03. The minimum Gasteiger partial charge on any atom is -0.477 e. The number of aromatic nitrogens is 1. The summed E-state index contributed by atoms with van der Waals surface area (Å²) < 4.78 is 2.18. The maximum Gasteiger partial charge on any atom is 0.341 e. The lowest BCUT2D eigenvalue weighted by Gasteiger charge is -2.08. The van der Waals surface area contributed by atoms with E-state index < -0.39 is 11.4 Å². The van der Waals surface area contributed by atoms with Crippen LogP contribution < -0.4 is 10.7 Å². The molecular weight excluding hydrogens is 340 g/mol. The van der Waals surface area contributed by atoms with E-state index in [-0.39, 0.29) is 18.0 Å². The lowest BCUT2D eigenvalue weighted by atomic mass is 10.2. The Morgan fingerprint density at radius 3 is 2.71 bits per heavy atom. The van der Waals surface area contributed by atoms with Crippen molar-refractivity contribution in [2.24, 2.45) is 0 Å². The maximum atomic E-state index is 11.9. The van der Waals surface area contributed by atoms with Gasteiger partial charge in [0.2, 0.25) is 5.91 Å². The number of nitrogens with one attached hydrogen (secondary N) is 1. The summed E-state index contributed by atoms with van der Waals surface area (Å²) in [7, 11) is 0. The highest BCUT2D eigenvalue weighted by Gasteiger charge is 2.10. The fraction of sp³-hybridized carbons (Fsp3) is 0.0714. The number of carbonyl (C=O) groups is 2. The summed E-state index contributed by atoms with van der Waals surface area (Å²) in [6, 6.07) is 8.21. The third-order valence-electron chi connectivity index (χ3n) is 2.64. The monoisotopic (exact) mass is 350 g/mol. The van der Waals surface area contributed by atoms with Crippen molar-refractivity contribution in [3.63, 3.8) is 0 Å². The fourth-order valence-corrected chi connectivity index (χ4v) is 2.12. The van der Waals surface area contributed by atoms with Gasteiger partial charge in [-0.25, -0.2) is 4.79 Å². The van der Waals surface area contributed by atoms with Crippen LogP contribution in [0.5, 0.6) is 0 Å². The summed E-state index contributed by atoms with van der Waals surface area (Å²) in [6.07, 6.45) is 2.51. The van der Waals surface area contributed by atoms with Crippen molar-refractivity contribution in [2.75, 3.05) is 5.32 Å². The molecule has 2 aromatic rings. The van der Waals surface area contributed by atoms with Crippen molar-refractivity contribution < 1.29 is 14.7 Å². The molecule has 1 aromatic carbocycles. The number of carbonyl (C=O) groups excluding carboxylic acids is 1. The van der Waals surface area contributed by atoms with Gasteiger partial charge in [0, 0.05) is 28.6 Å². The first kappa shape index (κ1) is 15.0. The molecule has 0 saturated carbocycles. The van der Waals surface area contributed by atoms with Gasteiger partial charge in [-0.15, -0.1) is 0 Å². The average Bonchev–Trinajstić information content (AvgIpc) is 2.40. The molecule has 0 aliphatic carbocycles. The first-order valence-corrected chi connectivity index (χ1v) is 6.74. The molecular formula is C14H11BrN2O4. The second-order valence-electron chi connectivity index (χ2n) is 4.26. The highest BCUT2D eigenvalue weighted by Crippen LogP contribution is 2.15. The fourth-order valence-electron chi connectivity index (χ4n) is 1.72. The zero-order valence-corrected chi connectivity index (χ0v) is 12.3. The Kier molecular flexibility index (Phi) is 4.54. The molecule has 0 unspecified atom stereocenters. The van der Waals surface area contributed by atoms with Gasteiger partial charge in [-0.1, -0.05) is 22.0 Å². The largest absolute Gasteiger partial charge is 0.477 e. The Morgan fingerprint density at radius 2 is 2.05 bits per heavy atom. The van der Waals surface area contributed by atoms with Crippen LogP contribution in [0.4, 0.5) is 5.69 Å². The van der Waals surface area contributed by atoms with Crippen LogP contribution >= 0.6 is 15.9 Å². The number of anilines is 1. The van der Waals surface area contributed by atoms with Crippen molar-refractivity contribution in [2.45, 2.75) is 6.54 Å². The van der Waals surface area contributed by atoms with Crippen LogP contribution in [0.2, 0.25) is 0 Å². The topological polar surface area (TPSA) is 88.4 Å². The highest BCUT2D eigenvalue weighted by molar-refractivity contribution is 9.10. The van der Waals surface area contributed by atoms with E-state index in [9.17, 15) is 14.4 Å². The van der Waals surface area contributed by atoms with Crippen molar-refractivity contribution >= 4 is 33.5 Å². The molecule has 0 atom stereocenters. The lowest BCUT2D eigenvalue weighted by molar-refractivity contribution is -0.116. The molecule has 0 spiro atoms. The Bertz CT molecular complexity index is 755. The summed E-state index contributed by atoms with van der Waals surface area (Å²) in [5.74, 6) is -1.64. The number of hydrogen-bond acceptors (Lipinski definition) is 3. The number of aromatic carboxylic acids is 1. The van der Waals surface area contributed by atoms with Crippen molar-refractivity contribution in [1.82, 2.24) is 4.57 Å². The molecule has 0 fully saturated rings. The number of rotatable bonds is 4. The molecule has 1 aromatic heterocycles. The zero-order valence-electron chi connectivity index (χ0n) is 10.7. The molecule has 2 rings (SSSR count). The second kappa shape index (κ2) is 6.36. The minimum atomic E-state index is -1.32. The number of pyridine rings is 1. The van der Waals surface area contributed by atoms with Crippen LogP contribution in [0.25, 0.3) is 0 Å². The molecule has 0 radical (unpaired) electrons. The van der Waals surface area contributed by atoms with Crippen molar-refractivity contribution in [1.29, 1.82) is 0 Å². The lowest BCUT2D eigenvalue weighted by Crippen LogP contribution is -2.22. The summed E-state index contributed by atoms with van der Waals surface area (Å²) in [4.78, 5) is 34.1. The van der Waals surface area contributed by atoms with E-state index in [1.54, 1.807) is 18.2 Å². The van der Waals surface area contributed by atoms with E-state index >= 15 is 0 Å². The predicted octanol–water partition coefficient (Wildman–Crippen LogP) is 1.95. The van der Waals surface area contributed by atoms with Crippen LogP contribution in [-0.4, -0.2) is 21.6 Å². The van der Waals surface area contributed by atoms with Gasteiger partial charge >= 0.3 is 5.97 Å². The maximum absolute atomic E-state index is 11.9. The van der Waals surface area contributed by atoms with Gasteiger partial charge in [0.05, 0.1) is 0 Å². The highest BCUT2D eigenvalue weighted by atomic mass is 79.9. The van der Waals surface area contributed by atoms with Gasteiger partial charge in [0.15, 0.2) is 5.43 Å². The van der Waals surface area contributed by atoms with E-state index in [4.69, 9.17) is 5.11 Å². The van der Waals surface area contributed by atoms with Crippen LogP contribution in [0.1, 0.15) is 10.4 Å². The molecule has 0 saturated heterocycles. The molecule has 0 aliphatic heterocycles. The van der Waals surface area contributed by atoms with Gasteiger partial charge in [0.25, 0.3) is 0 Å². The molecule has 108 valence electrons. The van der Waals surface area contributed by atoms with Crippen LogP contribution in [0.15, 0.2) is 52.0 Å². The molecule has 7 heteroatoms. The van der Waals surface area contributed by atoms with Gasteiger partial charge in [-0.3, -0.25) is 9.59 Å². The predicted molar refractivity (Wildman–Crippen MR) is 80.4 cm³/mol. The SMILES string of the molecule is O=C(Cn1ccc(=O)c(C(=O)O)c1)Nc1cccc(Br)c1. The summed E-state index contributed by atoms with van der Waals surface area (Å²) in [6.45, 7) is -0.0902. The second-order valence-corrected chi connectivity index (χ2v) is 5.17. The standard InChI is InChI=1S/C14H11BrN2O4/c15-9-2-1-3-10(6-9)16-13(19)8-17-5-4-12(18)11(7-17)14(20)21/h1-7H,8H2,(H,16,19)(H,20,21). The average molecular weight is 351 g/mol. The number of hydrogen-bond donors (Lipinski definition) is 2. The van der Waals surface area contributed by atoms with E-state index in [0.29, 0.717) is 5.69 Å². The van der Waals surface area contributed by atoms with Crippen LogP contribution in [0, 0.1) is 0 Å². The Labute approximate surface area is 128 Å². The first-order chi connectivity index (χ1) is 9.95. The number of nitrogens with zero attached hydrogens (tertiary/aromatic N) is 1. The third-order valence-corrected chi connectivity index (χ3v) is 3.14. The molecule has 2 N–H and O–H groups in total. The van der Waals surface area contributed by atoms with E-state index in [1.807, 2.05) is 6.07 Å². The summed E-state index contributed by atoms with van der Waals surface area (Å²) in [5.41, 5.74) is -0.340. The van der Waals surface area contributed by atoms with Gasteiger partial charge < -0.3 is 15.0 Å². The Balaban J connectivity index is 2.11. The number of benzene rings is 1.